The molecule has 8 heavy (non-hydrogen) atoms. The zero-order valence-electron chi connectivity index (χ0n) is 4.27. The summed E-state index contributed by atoms with van der Waals surface area (Å²) in [6.07, 6.45) is 0. The third-order valence-corrected chi connectivity index (χ3v) is 0.606. The Morgan fingerprint density at radius 2 is 2.50 bits per heavy atom. The van der Waals surface area contributed by atoms with Crippen molar-refractivity contribution in [2.24, 2.45) is 5.73 Å². The average molecular weight is 130 g/mol. The van der Waals surface area contributed by atoms with E-state index < -0.39 is 5.91 Å². The summed E-state index contributed by atoms with van der Waals surface area (Å²) in [6.45, 7) is 0.466. The van der Waals surface area contributed by atoms with Crippen LogP contribution in [0.2, 0.25) is 0 Å². The largest absolute Gasteiger partial charge is 0.359 e. The number of carbonyl (C=O) groups excluding carboxylic acids is 1. The van der Waals surface area contributed by atoms with Gasteiger partial charge in [-0.05, 0) is 5.92 Å². The first-order valence-corrected chi connectivity index (χ1v) is 2.57. The topological polar surface area (TPSA) is 55.1 Å². The van der Waals surface area contributed by atoms with Crippen LogP contribution in [0.4, 0.5) is 0 Å². The van der Waals surface area contributed by atoms with E-state index in [-0.39, 0.29) is 0 Å². The Kier molecular flexibility index (Phi) is 4.24. The van der Waals surface area contributed by atoms with Crippen molar-refractivity contribution in [1.29, 1.82) is 0 Å². The van der Waals surface area contributed by atoms with Crippen molar-refractivity contribution in [2.75, 3.05) is 6.54 Å². The Hall–Kier alpha value is -0.580. The first-order chi connectivity index (χ1) is 3.77. The molecule has 0 aliphatic carbocycles. The van der Waals surface area contributed by atoms with Crippen LogP contribution in [0.3, 0.4) is 0 Å². The molecule has 4 heteroatoms. The molecule has 0 radical (unpaired) electrons. The van der Waals surface area contributed by atoms with E-state index in [2.05, 4.69) is 32.1 Å². The van der Waals surface area contributed by atoms with Gasteiger partial charge in [-0.2, -0.15) is 0 Å². The molecule has 0 saturated heterocycles. The van der Waals surface area contributed by atoms with Gasteiger partial charge in [-0.15, -0.1) is 0 Å². The van der Waals surface area contributed by atoms with Gasteiger partial charge in [0.15, 0.2) is 0 Å². The number of nitrogens with one attached hydrogen (secondary N) is 1. The summed E-state index contributed by atoms with van der Waals surface area (Å²) < 4.78 is 0. The van der Waals surface area contributed by atoms with Crippen LogP contribution >= 0.6 is 9.39 Å². The molecule has 1 atom stereocenters. The maximum atomic E-state index is 9.89. The summed E-state index contributed by atoms with van der Waals surface area (Å²) in [5, 5.41) is 2.66. The molecule has 0 aliphatic heterocycles. The number of carbonyl (C=O) groups is 1. The molecule has 1 amide bonds. The van der Waals surface area contributed by atoms with E-state index >= 15 is 0 Å². The smallest absolute Gasteiger partial charge is 0.293 e. The van der Waals surface area contributed by atoms with Gasteiger partial charge in [0.25, 0.3) is 5.91 Å². The molecule has 0 spiro atoms. The van der Waals surface area contributed by atoms with E-state index in [1.807, 2.05) is 0 Å². The van der Waals surface area contributed by atoms with Gasteiger partial charge >= 0.3 is 0 Å². The van der Waals surface area contributed by atoms with Crippen molar-refractivity contribution in [3.05, 3.63) is 0 Å². The van der Waals surface area contributed by atoms with Crippen molar-refractivity contribution in [1.82, 2.24) is 5.09 Å². The maximum absolute atomic E-state index is 9.89. The van der Waals surface area contributed by atoms with Gasteiger partial charge in [0.05, 0.1) is 6.54 Å². The number of primary amides is 1. The summed E-state index contributed by atoms with van der Waals surface area (Å²) in [7, 11) is 2.26. The van der Waals surface area contributed by atoms with Gasteiger partial charge in [-0.3, -0.25) is 9.88 Å². The highest BCUT2D eigenvalue weighted by Gasteiger charge is 1.75. The first-order valence-electron chi connectivity index (χ1n) is 1.99. The van der Waals surface area contributed by atoms with Crippen LogP contribution in [0.1, 0.15) is 0 Å². The molecule has 0 fully saturated rings. The van der Waals surface area contributed by atoms with Crippen molar-refractivity contribution < 1.29 is 4.79 Å². The molecule has 0 saturated carbocycles. The third kappa shape index (κ3) is 5.42. The standard InChI is InChI=1S/C4H7N2OP/c5-4(7)2-1-3-6-8/h6H,3,8H2,(H2,5,7). The lowest BCUT2D eigenvalue weighted by atomic mass is 10.5. The molecule has 3 nitrogen and oxygen atoms in total. The molecule has 0 aliphatic rings. The fraction of sp³-hybridized carbons (Fsp3) is 0.250. The predicted molar refractivity (Wildman–Crippen MR) is 34.7 cm³/mol. The van der Waals surface area contributed by atoms with Gasteiger partial charge < -0.3 is 5.73 Å². The second-order valence-corrected chi connectivity index (χ2v) is 1.46. The zero-order valence-corrected chi connectivity index (χ0v) is 5.42. The Morgan fingerprint density at radius 1 is 1.88 bits per heavy atom. The number of amides is 1. The van der Waals surface area contributed by atoms with E-state index in [0.29, 0.717) is 6.54 Å². The highest BCUT2D eigenvalue weighted by molar-refractivity contribution is 7.13. The van der Waals surface area contributed by atoms with Gasteiger partial charge in [0, 0.05) is 0 Å². The first kappa shape index (κ1) is 7.42. The van der Waals surface area contributed by atoms with Crippen LogP contribution in [0.5, 0.6) is 0 Å². The lowest BCUT2D eigenvalue weighted by Gasteiger charge is -1.79. The number of nitrogens with two attached hydrogens (primary N) is 1. The van der Waals surface area contributed by atoms with Gasteiger partial charge in [-0.1, -0.05) is 15.3 Å². The van der Waals surface area contributed by atoms with Crippen LogP contribution in [-0.4, -0.2) is 12.5 Å². The molecular weight excluding hydrogens is 123 g/mol. The summed E-state index contributed by atoms with van der Waals surface area (Å²) in [5.74, 6) is 4.05. The minimum atomic E-state index is -0.592. The average Bonchev–Trinajstić information content (AvgIpc) is 1.66. The van der Waals surface area contributed by atoms with Gasteiger partial charge in [0.2, 0.25) is 0 Å². The van der Waals surface area contributed by atoms with Crippen molar-refractivity contribution in [3.63, 3.8) is 0 Å². The van der Waals surface area contributed by atoms with E-state index in [1.54, 1.807) is 0 Å². The van der Waals surface area contributed by atoms with Crippen molar-refractivity contribution in [3.8, 4) is 11.8 Å². The fourth-order valence-corrected chi connectivity index (χ4v) is 0.284. The molecular formula is C4H7N2OP. The SMILES string of the molecule is NC(=O)C#CCNP. The normalized spacial score (nSPS) is 7.12. The number of hydrogen-bond donors (Lipinski definition) is 2. The quantitative estimate of drug-likeness (QED) is 0.348. The molecule has 1 unspecified atom stereocenters. The summed E-state index contributed by atoms with van der Waals surface area (Å²) in [4.78, 5) is 9.89. The van der Waals surface area contributed by atoms with E-state index in [9.17, 15) is 4.79 Å². The Balaban J connectivity index is 3.35. The zero-order chi connectivity index (χ0) is 6.41. The van der Waals surface area contributed by atoms with Crippen LogP contribution < -0.4 is 10.8 Å². The lowest BCUT2D eigenvalue weighted by Crippen LogP contribution is -2.07. The lowest BCUT2D eigenvalue weighted by molar-refractivity contribution is -0.112. The summed E-state index contributed by atoms with van der Waals surface area (Å²) >= 11 is 0. The second-order valence-electron chi connectivity index (χ2n) is 1.05. The molecule has 44 valence electrons. The number of hydrogen-bond acceptors (Lipinski definition) is 2. The molecule has 0 aromatic rings. The monoisotopic (exact) mass is 130 g/mol. The van der Waals surface area contributed by atoms with Gasteiger partial charge in [0.1, 0.15) is 0 Å². The third-order valence-electron chi connectivity index (χ3n) is 0.402. The fourth-order valence-electron chi connectivity index (χ4n) is 0.182. The van der Waals surface area contributed by atoms with Gasteiger partial charge in [-0.25, -0.2) is 0 Å². The van der Waals surface area contributed by atoms with Crippen LogP contribution in [-0.2, 0) is 4.79 Å². The van der Waals surface area contributed by atoms with Crippen molar-refractivity contribution in [2.45, 2.75) is 0 Å². The van der Waals surface area contributed by atoms with Crippen LogP contribution in [0.15, 0.2) is 0 Å². The molecule has 0 aromatic heterocycles. The van der Waals surface area contributed by atoms with Crippen LogP contribution in [0.25, 0.3) is 0 Å². The van der Waals surface area contributed by atoms with Crippen molar-refractivity contribution >= 4 is 15.3 Å². The predicted octanol–water partition coefficient (Wildman–Crippen LogP) is -1.15. The minimum Gasteiger partial charge on any atom is -0.359 e. The molecule has 0 rings (SSSR count). The Morgan fingerprint density at radius 3 is 2.88 bits per heavy atom. The van der Waals surface area contributed by atoms with Crippen LogP contribution in [0, 0.1) is 11.8 Å². The molecule has 0 bridgehead atoms. The molecule has 3 N–H and O–H groups in total. The second kappa shape index (κ2) is 4.58. The minimum absolute atomic E-state index is 0.466. The highest BCUT2D eigenvalue weighted by Crippen LogP contribution is 1.62. The highest BCUT2D eigenvalue weighted by atomic mass is 31.0. The molecule has 0 aromatic carbocycles. The molecule has 0 heterocycles. The number of rotatable bonds is 1. The van der Waals surface area contributed by atoms with E-state index in [0.717, 1.165) is 0 Å². The maximum Gasteiger partial charge on any atom is 0.293 e. The van der Waals surface area contributed by atoms with E-state index in [4.69, 9.17) is 0 Å². The summed E-state index contributed by atoms with van der Waals surface area (Å²) in [5.41, 5.74) is 4.69. The summed E-state index contributed by atoms with van der Waals surface area (Å²) in [6, 6.07) is 0. The Bertz CT molecular complexity index is 135. The van der Waals surface area contributed by atoms with E-state index in [1.165, 1.54) is 0 Å². The Labute approximate surface area is 50.3 Å².